The maximum absolute atomic E-state index is 11.7. The zero-order chi connectivity index (χ0) is 22.6. The molecule has 176 valence electrons. The monoisotopic (exact) mass is 465 g/mol. The quantitative estimate of drug-likeness (QED) is 0.526. The predicted molar refractivity (Wildman–Crippen MR) is 118 cm³/mol. The maximum Gasteiger partial charge on any atom is 0.237 e. The molecule has 2 fully saturated rings. The molecule has 2 aliphatic rings. The van der Waals surface area contributed by atoms with Gasteiger partial charge in [0.05, 0.1) is 19.0 Å². The van der Waals surface area contributed by atoms with Crippen LogP contribution in [0.1, 0.15) is 50.0 Å². The van der Waals surface area contributed by atoms with Gasteiger partial charge in [0.2, 0.25) is 21.7 Å². The molecule has 2 atom stereocenters. The van der Waals surface area contributed by atoms with Crippen molar-refractivity contribution in [3.05, 3.63) is 24.2 Å². The Hall–Kier alpha value is -2.08. The smallest absolute Gasteiger partial charge is 0.237 e. The molecule has 10 nitrogen and oxygen atoms in total. The van der Waals surface area contributed by atoms with E-state index in [1.54, 1.807) is 6.20 Å². The van der Waals surface area contributed by atoms with E-state index in [1.165, 1.54) is 6.26 Å². The van der Waals surface area contributed by atoms with Crippen molar-refractivity contribution in [3.8, 4) is 5.88 Å². The molecular formula is C21H31N5O5S. The first-order chi connectivity index (χ1) is 15.4. The third-order valence-corrected chi connectivity index (χ3v) is 6.97. The van der Waals surface area contributed by atoms with Crippen molar-refractivity contribution < 1.29 is 22.7 Å². The number of aldehydes is 1. The van der Waals surface area contributed by atoms with E-state index in [4.69, 9.17) is 9.47 Å². The summed E-state index contributed by atoms with van der Waals surface area (Å²) in [5.74, 6) is 1.29. The summed E-state index contributed by atoms with van der Waals surface area (Å²) < 4.78 is 39.7. The number of carbonyl (C=O) groups excluding carboxylic acids is 1. The molecule has 1 saturated carbocycles. The first-order valence-corrected chi connectivity index (χ1v) is 13.0. The van der Waals surface area contributed by atoms with Crippen LogP contribution in [0.15, 0.2) is 18.6 Å². The highest BCUT2D eigenvalue weighted by atomic mass is 32.2. The fraction of sp³-hybridized carbons (Fsp3) is 0.667. The molecule has 1 saturated heterocycles. The zero-order valence-electron chi connectivity index (χ0n) is 18.3. The Kier molecular flexibility index (Phi) is 7.39. The summed E-state index contributed by atoms with van der Waals surface area (Å²) in [6, 6.07) is -0.159. The van der Waals surface area contributed by atoms with Crippen molar-refractivity contribution in [2.45, 2.75) is 62.6 Å². The summed E-state index contributed by atoms with van der Waals surface area (Å²) in [6.07, 6.45) is 13.0. The Labute approximate surface area is 188 Å². The van der Waals surface area contributed by atoms with Gasteiger partial charge < -0.3 is 14.8 Å². The van der Waals surface area contributed by atoms with E-state index in [9.17, 15) is 13.2 Å². The van der Waals surface area contributed by atoms with E-state index in [-0.39, 0.29) is 30.7 Å². The van der Waals surface area contributed by atoms with E-state index in [0.717, 1.165) is 56.9 Å². The Balaban J connectivity index is 1.34. The Morgan fingerprint density at radius 1 is 1.28 bits per heavy atom. The number of nitrogens with one attached hydrogen (secondary N) is 2. The fourth-order valence-electron chi connectivity index (χ4n) is 4.69. The molecule has 0 spiro atoms. The summed E-state index contributed by atoms with van der Waals surface area (Å²) in [6.45, 7) is 1.32. The van der Waals surface area contributed by atoms with Crippen LogP contribution in [0, 0.1) is 0 Å². The number of piperidine rings is 1. The molecular weight excluding hydrogens is 434 g/mol. The van der Waals surface area contributed by atoms with Gasteiger partial charge in [-0.1, -0.05) is 0 Å². The third kappa shape index (κ3) is 5.83. The number of rotatable bonds is 9. The van der Waals surface area contributed by atoms with Gasteiger partial charge in [-0.15, -0.1) is 0 Å². The lowest BCUT2D eigenvalue weighted by atomic mass is 9.83. The average molecular weight is 466 g/mol. The Morgan fingerprint density at radius 3 is 2.84 bits per heavy atom. The second-order valence-corrected chi connectivity index (χ2v) is 10.4. The molecule has 0 unspecified atom stereocenters. The minimum absolute atomic E-state index is 0.0209. The van der Waals surface area contributed by atoms with Gasteiger partial charge in [0, 0.05) is 36.2 Å². The standard InChI is InChI=1S/C21H31N5O5S/c1-32(28,29)25-18-3-2-8-22-19(18)14-31-16-6-4-15(5-7-16)17-13-26-10-9-23-21(26)24-20(17)30-12-11-27/h9-11,13,15-16,18-19,22,25H,2-8,12,14H2,1H3/t15?,16?,18-,19-/m0/s1. The van der Waals surface area contributed by atoms with Crippen molar-refractivity contribution in [2.75, 3.05) is 26.0 Å². The highest BCUT2D eigenvalue weighted by Crippen LogP contribution is 2.37. The molecule has 4 rings (SSSR count). The van der Waals surface area contributed by atoms with Crippen molar-refractivity contribution in [1.29, 1.82) is 0 Å². The van der Waals surface area contributed by atoms with Crippen LogP contribution in [0.3, 0.4) is 0 Å². The molecule has 11 heteroatoms. The molecule has 3 heterocycles. The highest BCUT2D eigenvalue weighted by molar-refractivity contribution is 7.88. The maximum atomic E-state index is 11.7. The molecule has 0 aromatic carbocycles. The van der Waals surface area contributed by atoms with Crippen LogP contribution in [0.25, 0.3) is 5.78 Å². The van der Waals surface area contributed by atoms with Gasteiger partial charge in [0.1, 0.15) is 6.61 Å². The lowest BCUT2D eigenvalue weighted by Gasteiger charge is -2.35. The minimum atomic E-state index is -3.25. The van der Waals surface area contributed by atoms with Crippen molar-refractivity contribution in [1.82, 2.24) is 24.4 Å². The minimum Gasteiger partial charge on any atom is -0.470 e. The number of ether oxygens (including phenoxy) is 2. The lowest BCUT2D eigenvalue weighted by molar-refractivity contribution is -0.109. The molecule has 0 amide bonds. The van der Waals surface area contributed by atoms with Gasteiger partial charge in [0.15, 0.2) is 6.29 Å². The number of carbonyl (C=O) groups is 1. The Bertz CT molecular complexity index is 1020. The first kappa shape index (κ1) is 23.1. The molecule has 2 aromatic rings. The van der Waals surface area contributed by atoms with Crippen molar-refractivity contribution in [2.24, 2.45) is 0 Å². The second-order valence-electron chi connectivity index (χ2n) is 8.62. The largest absolute Gasteiger partial charge is 0.470 e. The Morgan fingerprint density at radius 2 is 2.09 bits per heavy atom. The molecule has 2 N–H and O–H groups in total. The second kappa shape index (κ2) is 10.2. The number of fused-ring (bicyclic) bond motifs is 1. The predicted octanol–water partition coefficient (Wildman–Crippen LogP) is 1.02. The summed E-state index contributed by atoms with van der Waals surface area (Å²) in [5, 5.41) is 3.39. The topological polar surface area (TPSA) is 124 Å². The van der Waals surface area contributed by atoms with Gasteiger partial charge in [-0.3, -0.25) is 9.20 Å². The first-order valence-electron chi connectivity index (χ1n) is 11.2. The summed E-state index contributed by atoms with van der Waals surface area (Å²) >= 11 is 0. The van der Waals surface area contributed by atoms with Crippen LogP contribution in [-0.4, -0.2) is 73.3 Å². The van der Waals surface area contributed by atoms with E-state index in [1.807, 2.05) is 16.8 Å². The average Bonchev–Trinajstić information content (AvgIpc) is 3.23. The number of hydrogen-bond donors (Lipinski definition) is 2. The van der Waals surface area contributed by atoms with Gasteiger partial charge in [-0.05, 0) is 51.0 Å². The van der Waals surface area contributed by atoms with Crippen LogP contribution in [0.5, 0.6) is 5.88 Å². The van der Waals surface area contributed by atoms with Gasteiger partial charge in [0.25, 0.3) is 0 Å². The van der Waals surface area contributed by atoms with E-state index in [0.29, 0.717) is 18.3 Å². The number of sulfonamides is 1. The van der Waals surface area contributed by atoms with Gasteiger partial charge in [-0.2, -0.15) is 4.98 Å². The number of aromatic nitrogens is 3. The summed E-state index contributed by atoms with van der Waals surface area (Å²) in [5.41, 5.74) is 0.988. The van der Waals surface area contributed by atoms with Crippen molar-refractivity contribution in [3.63, 3.8) is 0 Å². The molecule has 0 radical (unpaired) electrons. The van der Waals surface area contributed by atoms with E-state index < -0.39 is 10.0 Å². The van der Waals surface area contributed by atoms with Gasteiger partial charge in [-0.25, -0.2) is 18.1 Å². The van der Waals surface area contributed by atoms with Crippen LogP contribution in [0.2, 0.25) is 0 Å². The zero-order valence-corrected chi connectivity index (χ0v) is 19.1. The summed E-state index contributed by atoms with van der Waals surface area (Å²) in [4.78, 5) is 19.5. The van der Waals surface area contributed by atoms with Crippen LogP contribution in [-0.2, 0) is 19.6 Å². The molecule has 32 heavy (non-hydrogen) atoms. The summed E-state index contributed by atoms with van der Waals surface area (Å²) in [7, 11) is -3.25. The molecule has 0 bridgehead atoms. The number of nitrogens with zero attached hydrogens (tertiary/aromatic N) is 3. The van der Waals surface area contributed by atoms with Gasteiger partial charge >= 0.3 is 0 Å². The molecule has 1 aliphatic carbocycles. The molecule has 2 aromatic heterocycles. The SMILES string of the molecule is CS(=O)(=O)N[C@H]1CCCN[C@H]1COC1CCC(c2cn3ccnc3nc2OCC=O)CC1. The normalized spacial score (nSPS) is 26.8. The van der Waals surface area contributed by atoms with E-state index in [2.05, 4.69) is 20.0 Å². The third-order valence-electron chi connectivity index (χ3n) is 6.24. The number of imidazole rings is 1. The highest BCUT2D eigenvalue weighted by Gasteiger charge is 2.30. The van der Waals surface area contributed by atoms with E-state index >= 15 is 0 Å². The lowest BCUT2D eigenvalue weighted by Crippen LogP contribution is -2.55. The van der Waals surface area contributed by atoms with Crippen LogP contribution < -0.4 is 14.8 Å². The fourth-order valence-corrected chi connectivity index (χ4v) is 5.52. The van der Waals surface area contributed by atoms with Crippen LogP contribution in [0.4, 0.5) is 0 Å². The van der Waals surface area contributed by atoms with Crippen LogP contribution >= 0.6 is 0 Å². The van der Waals surface area contributed by atoms with Crippen molar-refractivity contribution >= 4 is 22.1 Å². The number of hydrogen-bond acceptors (Lipinski definition) is 8. The molecule has 1 aliphatic heterocycles.